The van der Waals surface area contributed by atoms with E-state index in [1.54, 1.807) is 0 Å². The summed E-state index contributed by atoms with van der Waals surface area (Å²) >= 11 is 0. The van der Waals surface area contributed by atoms with E-state index in [4.69, 9.17) is 0 Å². The zero-order valence-electron chi connectivity index (χ0n) is 8.44. The Morgan fingerprint density at radius 2 is 1.27 bits per heavy atom. The zero-order chi connectivity index (χ0) is 8.62. The molecule has 0 saturated heterocycles. The summed E-state index contributed by atoms with van der Waals surface area (Å²) in [5.41, 5.74) is 0.431. The minimum Gasteiger partial charge on any atom is -0.343 e. The summed E-state index contributed by atoms with van der Waals surface area (Å²) in [5.74, 6) is 0. The van der Waals surface area contributed by atoms with Crippen LogP contribution in [0.1, 0.15) is 47.0 Å². The van der Waals surface area contributed by atoms with E-state index >= 15 is 0 Å². The van der Waals surface area contributed by atoms with Crippen molar-refractivity contribution < 1.29 is 21.1 Å². The van der Waals surface area contributed by atoms with Gasteiger partial charge in [-0.05, 0) is 0 Å². The maximum absolute atomic E-state index is 3.76. The van der Waals surface area contributed by atoms with Gasteiger partial charge in [-0.25, -0.2) is 0 Å². The van der Waals surface area contributed by atoms with Gasteiger partial charge in [0.1, 0.15) is 0 Å². The monoisotopic (exact) mass is 326 g/mol. The van der Waals surface area contributed by atoms with E-state index in [9.17, 15) is 0 Å². The van der Waals surface area contributed by atoms with E-state index in [0.717, 1.165) is 12.8 Å². The van der Waals surface area contributed by atoms with Crippen LogP contribution in [0.3, 0.4) is 0 Å². The van der Waals surface area contributed by atoms with Crippen molar-refractivity contribution in [2.24, 2.45) is 5.41 Å². The molecule has 0 aromatic heterocycles. The van der Waals surface area contributed by atoms with Gasteiger partial charge in [0.25, 0.3) is 0 Å². The van der Waals surface area contributed by atoms with Crippen molar-refractivity contribution in [3.8, 4) is 0 Å². The smallest absolute Gasteiger partial charge is 0.343 e. The number of rotatable bonds is 1. The van der Waals surface area contributed by atoms with Crippen LogP contribution in [0.25, 0.3) is 0 Å². The molecule has 0 nitrogen and oxygen atoms in total. The third kappa shape index (κ3) is 36.7. The summed E-state index contributed by atoms with van der Waals surface area (Å²) in [6, 6.07) is 0. The van der Waals surface area contributed by atoms with Crippen molar-refractivity contribution in [2.45, 2.75) is 47.0 Å². The van der Waals surface area contributed by atoms with E-state index in [0.29, 0.717) is 5.41 Å². The van der Waals surface area contributed by atoms with E-state index in [1.165, 1.54) is 6.42 Å². The molecule has 0 N–H and O–H groups in total. The van der Waals surface area contributed by atoms with Crippen LogP contribution in [-0.2, 0) is 21.1 Å². The molecule has 68 valence electrons. The second-order valence-electron chi connectivity index (χ2n) is 3.66. The Morgan fingerprint density at radius 3 is 1.27 bits per heavy atom. The molecule has 0 aromatic rings. The predicted octanol–water partition coefficient (Wildman–Crippen LogP) is 3.87. The molecule has 0 saturated carbocycles. The molecule has 0 aliphatic heterocycles. The van der Waals surface area contributed by atoms with Crippen LogP contribution in [0.5, 0.6) is 0 Å². The third-order valence-electron chi connectivity index (χ3n) is 1.10. The van der Waals surface area contributed by atoms with Gasteiger partial charge in [0, 0.05) is 0 Å². The molecular weight excluding hydrogens is 304 g/mol. The van der Waals surface area contributed by atoms with Crippen LogP contribution in [0.2, 0.25) is 0 Å². The largest absolute Gasteiger partial charge is 2.00 e. The first-order valence-electron chi connectivity index (χ1n) is 4.06. The van der Waals surface area contributed by atoms with Gasteiger partial charge in [-0.1, -0.05) is 39.5 Å². The molecule has 0 heterocycles. The Kier molecular flexibility index (Phi) is 17.2. The van der Waals surface area contributed by atoms with Crippen molar-refractivity contribution in [3.63, 3.8) is 0 Å². The molecule has 1 heteroatoms. The third-order valence-corrected chi connectivity index (χ3v) is 1.10. The molecule has 0 aromatic carbocycles. The van der Waals surface area contributed by atoms with E-state index in [-0.39, 0.29) is 21.1 Å². The van der Waals surface area contributed by atoms with Gasteiger partial charge in [0.2, 0.25) is 0 Å². The zero-order valence-corrected chi connectivity index (χ0v) is 11.4. The van der Waals surface area contributed by atoms with Crippen molar-refractivity contribution in [2.75, 3.05) is 0 Å². The first-order chi connectivity index (χ1) is 4.47. The van der Waals surface area contributed by atoms with E-state index < -0.39 is 0 Å². The second-order valence-corrected chi connectivity index (χ2v) is 3.66. The normalized spacial score (nSPS) is 9.27. The molecule has 0 amide bonds. The van der Waals surface area contributed by atoms with Gasteiger partial charge in [-0.2, -0.15) is 12.8 Å². The molecule has 0 fully saturated rings. The van der Waals surface area contributed by atoms with Gasteiger partial charge in [-0.15, -0.1) is 0 Å². The molecule has 0 spiro atoms. The van der Waals surface area contributed by atoms with Crippen molar-refractivity contribution in [1.29, 1.82) is 0 Å². The second kappa shape index (κ2) is 10.7. The van der Waals surface area contributed by atoms with E-state index in [1.807, 2.05) is 0 Å². The quantitative estimate of drug-likeness (QED) is 0.642. The Morgan fingerprint density at radius 1 is 1.09 bits per heavy atom. The van der Waals surface area contributed by atoms with Crippen LogP contribution in [0.15, 0.2) is 0 Å². The molecule has 0 rings (SSSR count). The standard InChI is InChI=1S/C6H13.C4H9.W/c1-5-6(2,3)4;1-3-4-2;/h1,5H2,2-4H3;1,3-4H2,2H3;/q2*-1;+2. The average Bonchev–Trinajstić information content (AvgIpc) is 1.87. The number of hydrogen-bond acceptors (Lipinski definition) is 0. The summed E-state index contributed by atoms with van der Waals surface area (Å²) in [6.07, 6.45) is 3.30. The van der Waals surface area contributed by atoms with Gasteiger partial charge >= 0.3 is 21.1 Å². The Bertz CT molecular complexity index is 50.4. The molecule has 0 atom stereocenters. The Balaban J connectivity index is -0.000000114. The minimum atomic E-state index is 0. The molecule has 0 unspecified atom stereocenters. The average molecular weight is 326 g/mol. The number of unbranched alkanes of at least 4 members (excludes halogenated alkanes) is 1. The fourth-order valence-corrected chi connectivity index (χ4v) is 0. The Hall–Kier alpha value is 0.688. The summed E-state index contributed by atoms with van der Waals surface area (Å²) in [4.78, 5) is 0. The van der Waals surface area contributed by atoms with Crippen molar-refractivity contribution in [1.82, 2.24) is 0 Å². The van der Waals surface area contributed by atoms with Gasteiger partial charge in [0.15, 0.2) is 0 Å². The molecule has 0 bridgehead atoms. The molecule has 11 heavy (non-hydrogen) atoms. The van der Waals surface area contributed by atoms with Crippen molar-refractivity contribution >= 4 is 0 Å². The molecule has 0 aliphatic carbocycles. The summed E-state index contributed by atoms with van der Waals surface area (Å²) < 4.78 is 0. The topological polar surface area (TPSA) is 0 Å². The maximum Gasteiger partial charge on any atom is 2.00 e. The maximum atomic E-state index is 3.76. The van der Waals surface area contributed by atoms with Gasteiger partial charge in [0.05, 0.1) is 0 Å². The fourth-order valence-electron chi connectivity index (χ4n) is 0. The summed E-state index contributed by atoms with van der Waals surface area (Å²) in [6.45, 7) is 16.0. The molecule has 0 radical (unpaired) electrons. The molecular formula is C10H22W. The van der Waals surface area contributed by atoms with Crippen molar-refractivity contribution in [3.05, 3.63) is 13.8 Å². The van der Waals surface area contributed by atoms with Crippen LogP contribution >= 0.6 is 0 Å². The van der Waals surface area contributed by atoms with Crippen LogP contribution in [0.4, 0.5) is 0 Å². The fraction of sp³-hybridized carbons (Fsp3) is 0.800. The van der Waals surface area contributed by atoms with Crippen LogP contribution in [0, 0.1) is 19.3 Å². The van der Waals surface area contributed by atoms with Gasteiger partial charge in [-0.3, -0.25) is 0 Å². The van der Waals surface area contributed by atoms with Crippen LogP contribution < -0.4 is 0 Å². The molecule has 0 aliphatic rings. The van der Waals surface area contributed by atoms with Gasteiger partial charge < -0.3 is 13.8 Å². The summed E-state index contributed by atoms with van der Waals surface area (Å²) in [5, 5.41) is 0. The predicted molar refractivity (Wildman–Crippen MR) is 49.7 cm³/mol. The van der Waals surface area contributed by atoms with Crippen LogP contribution in [-0.4, -0.2) is 0 Å². The first kappa shape index (κ1) is 17.7. The first-order valence-corrected chi connectivity index (χ1v) is 4.06. The minimum absolute atomic E-state index is 0. The summed E-state index contributed by atoms with van der Waals surface area (Å²) in [7, 11) is 0. The van der Waals surface area contributed by atoms with E-state index in [2.05, 4.69) is 41.5 Å². The number of hydrogen-bond donors (Lipinski definition) is 0. The Labute approximate surface area is 87.4 Å². The SMILES string of the molecule is [CH2-]CC(C)(C)C.[CH2-]CCC.[W+2].